The molecule has 2 N–H and O–H groups in total. The average molecular weight is 341 g/mol. The summed E-state index contributed by atoms with van der Waals surface area (Å²) in [6, 6.07) is 5.61. The fraction of sp³-hybridized carbons (Fsp3) is 0.286. The summed E-state index contributed by atoms with van der Waals surface area (Å²) in [6.45, 7) is 2.65. The Balaban J connectivity index is 1.84. The maximum Gasteiger partial charge on any atom is 0.206 e. The number of halogens is 2. The number of benzene rings is 1. The molecule has 0 amide bonds. The third kappa shape index (κ3) is 3.61. The molecule has 23 heavy (non-hydrogen) atoms. The molecular weight excluding hydrogens is 327 g/mol. The molecule has 9 heteroatoms. The van der Waals surface area contributed by atoms with Crippen LogP contribution in [-0.4, -0.2) is 42.5 Å². The minimum Gasteiger partial charge on any atom is -0.378 e. The highest BCUT2D eigenvalue weighted by molar-refractivity contribution is 6.31. The van der Waals surface area contributed by atoms with Gasteiger partial charge < -0.3 is 14.2 Å². The molecule has 1 saturated heterocycles. The summed E-state index contributed by atoms with van der Waals surface area (Å²) >= 11 is 5.71. The van der Waals surface area contributed by atoms with Crippen LogP contribution in [0, 0.1) is 5.82 Å². The highest BCUT2D eigenvalue weighted by atomic mass is 35.5. The molecule has 7 nitrogen and oxygen atoms in total. The van der Waals surface area contributed by atoms with Gasteiger partial charge in [-0.3, -0.25) is 5.21 Å². The predicted octanol–water partition coefficient (Wildman–Crippen LogP) is 2.36. The number of amidine groups is 1. The van der Waals surface area contributed by atoms with Crippen molar-refractivity contribution in [1.82, 2.24) is 10.6 Å². The molecule has 0 atom stereocenters. The molecule has 3 rings (SSSR count). The second-order valence-corrected chi connectivity index (χ2v) is 5.23. The number of hydroxylamine groups is 1. The van der Waals surface area contributed by atoms with Gasteiger partial charge in [-0.1, -0.05) is 16.8 Å². The highest BCUT2D eigenvalue weighted by Crippen LogP contribution is 2.23. The zero-order valence-electron chi connectivity index (χ0n) is 12.0. The van der Waals surface area contributed by atoms with Gasteiger partial charge in [-0.25, -0.2) is 14.9 Å². The van der Waals surface area contributed by atoms with Crippen LogP contribution in [0.15, 0.2) is 33.8 Å². The molecule has 0 saturated carbocycles. The molecule has 2 heterocycles. The van der Waals surface area contributed by atoms with E-state index in [0.29, 0.717) is 37.8 Å². The SMILES string of the molecule is ONC(=Nc1ccc(F)c(Cl)c1)c1cc(N2CCOCC2)no1. The molecule has 1 aliphatic rings. The lowest BCUT2D eigenvalue weighted by Gasteiger charge is -2.25. The van der Waals surface area contributed by atoms with Crippen molar-refractivity contribution in [3.05, 3.63) is 40.9 Å². The van der Waals surface area contributed by atoms with Crippen LogP contribution >= 0.6 is 11.6 Å². The van der Waals surface area contributed by atoms with Crippen LogP contribution in [0.2, 0.25) is 5.02 Å². The number of anilines is 1. The first kappa shape index (κ1) is 15.7. The molecule has 0 bridgehead atoms. The Morgan fingerprint density at radius 1 is 1.35 bits per heavy atom. The van der Waals surface area contributed by atoms with Crippen LogP contribution in [-0.2, 0) is 4.74 Å². The third-order valence-electron chi connectivity index (χ3n) is 3.32. The molecule has 1 aromatic heterocycles. The number of morpholine rings is 1. The van der Waals surface area contributed by atoms with E-state index in [0.717, 1.165) is 0 Å². The Kier molecular flexibility index (Phi) is 4.75. The summed E-state index contributed by atoms with van der Waals surface area (Å²) in [7, 11) is 0. The van der Waals surface area contributed by atoms with Gasteiger partial charge in [0, 0.05) is 19.2 Å². The fourth-order valence-electron chi connectivity index (χ4n) is 2.14. The summed E-state index contributed by atoms with van der Waals surface area (Å²) < 4.78 is 23.6. The molecule has 122 valence electrons. The van der Waals surface area contributed by atoms with Crippen molar-refractivity contribution in [2.75, 3.05) is 31.2 Å². The van der Waals surface area contributed by atoms with Gasteiger partial charge in [-0.05, 0) is 18.2 Å². The minimum atomic E-state index is -0.543. The van der Waals surface area contributed by atoms with Crippen LogP contribution in [0.5, 0.6) is 0 Å². The first-order chi connectivity index (χ1) is 11.2. The number of ether oxygens (including phenoxy) is 1. The number of hydrogen-bond donors (Lipinski definition) is 2. The van der Waals surface area contributed by atoms with E-state index < -0.39 is 5.82 Å². The second-order valence-electron chi connectivity index (χ2n) is 4.82. The monoisotopic (exact) mass is 340 g/mol. The molecular formula is C14H14ClFN4O3. The van der Waals surface area contributed by atoms with Crippen molar-refractivity contribution in [2.45, 2.75) is 0 Å². The maximum absolute atomic E-state index is 13.2. The maximum atomic E-state index is 13.2. The zero-order chi connectivity index (χ0) is 16.2. The summed E-state index contributed by atoms with van der Waals surface area (Å²) in [5.74, 6) is 0.371. The minimum absolute atomic E-state index is 0.0414. The molecule has 1 fully saturated rings. The molecule has 1 aromatic carbocycles. The van der Waals surface area contributed by atoms with Gasteiger partial charge in [0.25, 0.3) is 0 Å². The Morgan fingerprint density at radius 3 is 2.83 bits per heavy atom. The van der Waals surface area contributed by atoms with E-state index in [1.54, 1.807) is 6.07 Å². The lowest BCUT2D eigenvalue weighted by molar-refractivity contribution is 0.122. The molecule has 0 aliphatic carbocycles. The third-order valence-corrected chi connectivity index (χ3v) is 3.61. The van der Waals surface area contributed by atoms with E-state index in [4.69, 9.17) is 20.9 Å². The fourth-order valence-corrected chi connectivity index (χ4v) is 2.31. The summed E-state index contributed by atoms with van der Waals surface area (Å²) in [5, 5.41) is 13.2. The topological polar surface area (TPSA) is 83.1 Å². The van der Waals surface area contributed by atoms with E-state index >= 15 is 0 Å². The molecule has 2 aromatic rings. The lowest BCUT2D eigenvalue weighted by Crippen LogP contribution is -2.36. The summed E-state index contributed by atoms with van der Waals surface area (Å²) in [5.41, 5.74) is 2.31. The molecule has 0 radical (unpaired) electrons. The Morgan fingerprint density at radius 2 is 2.13 bits per heavy atom. The van der Waals surface area contributed by atoms with Crippen molar-refractivity contribution < 1.29 is 18.9 Å². The van der Waals surface area contributed by atoms with Gasteiger partial charge in [0.1, 0.15) is 5.82 Å². The number of aliphatic imine (C=N–C) groups is 1. The van der Waals surface area contributed by atoms with E-state index in [1.165, 1.54) is 18.2 Å². The van der Waals surface area contributed by atoms with Crippen LogP contribution in [0.25, 0.3) is 0 Å². The number of nitrogens with zero attached hydrogens (tertiary/aromatic N) is 3. The molecule has 0 spiro atoms. The quantitative estimate of drug-likeness (QED) is 0.507. The predicted molar refractivity (Wildman–Crippen MR) is 82.1 cm³/mol. The first-order valence-electron chi connectivity index (χ1n) is 6.91. The van der Waals surface area contributed by atoms with E-state index in [9.17, 15) is 9.60 Å². The van der Waals surface area contributed by atoms with Gasteiger partial charge in [0.15, 0.2) is 11.7 Å². The summed E-state index contributed by atoms with van der Waals surface area (Å²) in [6.07, 6.45) is 0. The van der Waals surface area contributed by atoms with Gasteiger partial charge in [0.2, 0.25) is 5.76 Å². The average Bonchev–Trinajstić information content (AvgIpc) is 3.06. The smallest absolute Gasteiger partial charge is 0.206 e. The number of hydrogen-bond acceptors (Lipinski definition) is 6. The largest absolute Gasteiger partial charge is 0.378 e. The number of rotatable bonds is 3. The van der Waals surface area contributed by atoms with Crippen LogP contribution in [0.3, 0.4) is 0 Å². The normalized spacial score (nSPS) is 15.8. The van der Waals surface area contributed by atoms with E-state index in [-0.39, 0.29) is 16.6 Å². The zero-order valence-corrected chi connectivity index (χ0v) is 12.8. The lowest BCUT2D eigenvalue weighted by atomic mass is 10.3. The van der Waals surface area contributed by atoms with Crippen molar-refractivity contribution in [1.29, 1.82) is 0 Å². The second kappa shape index (κ2) is 6.95. The van der Waals surface area contributed by atoms with Crippen LogP contribution in [0.4, 0.5) is 15.9 Å². The van der Waals surface area contributed by atoms with Gasteiger partial charge in [-0.15, -0.1) is 0 Å². The first-order valence-corrected chi connectivity index (χ1v) is 7.29. The van der Waals surface area contributed by atoms with Gasteiger partial charge in [-0.2, -0.15) is 0 Å². The summed E-state index contributed by atoms with van der Waals surface area (Å²) in [4.78, 5) is 6.14. The van der Waals surface area contributed by atoms with E-state index in [2.05, 4.69) is 10.1 Å². The van der Waals surface area contributed by atoms with Crippen LogP contribution < -0.4 is 10.4 Å². The molecule has 1 aliphatic heterocycles. The van der Waals surface area contributed by atoms with Crippen molar-refractivity contribution >= 4 is 28.9 Å². The number of aromatic nitrogens is 1. The standard InChI is InChI=1S/C14H14ClFN4O3/c15-10-7-9(1-2-11(10)16)17-14(18-21)12-8-13(19-23-12)20-3-5-22-6-4-20/h1-2,7-8,21H,3-6H2,(H,17,18). The molecule has 0 unspecified atom stereocenters. The van der Waals surface area contributed by atoms with Gasteiger partial charge >= 0.3 is 0 Å². The highest BCUT2D eigenvalue weighted by Gasteiger charge is 2.18. The van der Waals surface area contributed by atoms with E-state index in [1.807, 2.05) is 10.4 Å². The number of nitrogens with one attached hydrogen (secondary N) is 1. The Bertz CT molecular complexity index is 716. The van der Waals surface area contributed by atoms with Crippen molar-refractivity contribution in [3.8, 4) is 0 Å². The van der Waals surface area contributed by atoms with Crippen molar-refractivity contribution in [3.63, 3.8) is 0 Å². The van der Waals surface area contributed by atoms with Crippen molar-refractivity contribution in [2.24, 2.45) is 4.99 Å². The Labute approximate surface area is 136 Å². The van der Waals surface area contributed by atoms with Crippen LogP contribution in [0.1, 0.15) is 5.76 Å². The Hall–Kier alpha value is -2.16. The van der Waals surface area contributed by atoms with Gasteiger partial charge in [0.05, 0.1) is 23.9 Å².